The summed E-state index contributed by atoms with van der Waals surface area (Å²) in [7, 11) is 0. The Morgan fingerprint density at radius 2 is 1.96 bits per heavy atom. The first kappa shape index (κ1) is 16.4. The minimum absolute atomic E-state index is 0.252. The predicted molar refractivity (Wildman–Crippen MR) is 94.4 cm³/mol. The third-order valence-corrected chi connectivity index (χ3v) is 3.83. The van der Waals surface area contributed by atoms with Gasteiger partial charge >= 0.3 is 0 Å². The average molecular weight is 324 g/mol. The van der Waals surface area contributed by atoms with Gasteiger partial charge in [-0.2, -0.15) is 15.0 Å². The molecule has 6 nitrogen and oxygen atoms in total. The van der Waals surface area contributed by atoms with E-state index in [4.69, 9.17) is 0 Å². The van der Waals surface area contributed by atoms with Crippen LogP contribution < -0.4 is 5.32 Å². The molecular weight excluding hydrogens is 300 g/mol. The molecule has 0 amide bonds. The molecule has 0 saturated heterocycles. The van der Waals surface area contributed by atoms with Gasteiger partial charge in [-0.3, -0.25) is 0 Å². The highest BCUT2D eigenvalue weighted by Crippen LogP contribution is 2.21. The quantitative estimate of drug-likeness (QED) is 0.647. The Morgan fingerprint density at radius 3 is 2.67 bits per heavy atom. The molecule has 3 aromatic rings. The van der Waals surface area contributed by atoms with Crippen LogP contribution in [0.1, 0.15) is 32.0 Å². The van der Waals surface area contributed by atoms with Gasteiger partial charge < -0.3 is 9.88 Å². The molecular formula is C18H24N6. The fourth-order valence-electron chi connectivity index (χ4n) is 2.54. The zero-order chi connectivity index (χ0) is 16.8. The van der Waals surface area contributed by atoms with Gasteiger partial charge in [-0.1, -0.05) is 30.3 Å². The summed E-state index contributed by atoms with van der Waals surface area (Å²) < 4.78 is 2.09. The molecule has 1 N–H and O–H groups in total. The molecule has 1 aromatic carbocycles. The SMILES string of the molecule is CC(C)n1nc(CNCCCn2ccnc2)c(-c2ccccc2)n1. The molecule has 0 fully saturated rings. The third kappa shape index (κ3) is 4.08. The summed E-state index contributed by atoms with van der Waals surface area (Å²) in [5.74, 6) is 0. The van der Waals surface area contributed by atoms with Crippen molar-refractivity contribution in [3.63, 3.8) is 0 Å². The summed E-state index contributed by atoms with van der Waals surface area (Å²) in [6, 6.07) is 10.5. The second-order valence-electron chi connectivity index (χ2n) is 6.11. The summed E-state index contributed by atoms with van der Waals surface area (Å²) in [6.45, 7) is 6.81. The summed E-state index contributed by atoms with van der Waals surface area (Å²) in [6.07, 6.45) is 6.70. The van der Waals surface area contributed by atoms with Crippen molar-refractivity contribution < 1.29 is 0 Å². The van der Waals surface area contributed by atoms with E-state index in [1.165, 1.54) is 0 Å². The number of aromatic nitrogens is 5. The Bertz CT molecular complexity index is 730. The molecule has 2 heterocycles. The minimum Gasteiger partial charge on any atom is -0.337 e. The van der Waals surface area contributed by atoms with Crippen molar-refractivity contribution in [2.24, 2.45) is 0 Å². The lowest BCUT2D eigenvalue weighted by molar-refractivity contribution is 0.461. The molecule has 0 atom stereocenters. The number of rotatable bonds is 8. The molecule has 2 aromatic heterocycles. The zero-order valence-electron chi connectivity index (χ0n) is 14.3. The Hall–Kier alpha value is -2.47. The van der Waals surface area contributed by atoms with Gasteiger partial charge in [-0.05, 0) is 26.8 Å². The first-order chi connectivity index (χ1) is 11.7. The van der Waals surface area contributed by atoms with Crippen molar-refractivity contribution in [1.82, 2.24) is 29.9 Å². The summed E-state index contributed by atoms with van der Waals surface area (Å²) in [5, 5.41) is 12.8. The minimum atomic E-state index is 0.252. The fourth-order valence-corrected chi connectivity index (χ4v) is 2.54. The van der Waals surface area contributed by atoms with Crippen LogP contribution in [0.25, 0.3) is 11.3 Å². The van der Waals surface area contributed by atoms with Crippen molar-refractivity contribution in [3.8, 4) is 11.3 Å². The highest BCUT2D eigenvalue weighted by atomic mass is 15.5. The molecule has 24 heavy (non-hydrogen) atoms. The molecule has 0 aliphatic carbocycles. The van der Waals surface area contributed by atoms with E-state index in [0.29, 0.717) is 0 Å². The maximum Gasteiger partial charge on any atom is 0.117 e. The van der Waals surface area contributed by atoms with Crippen LogP contribution in [0, 0.1) is 0 Å². The van der Waals surface area contributed by atoms with E-state index in [1.807, 2.05) is 36.9 Å². The first-order valence-electron chi connectivity index (χ1n) is 8.41. The highest BCUT2D eigenvalue weighted by molar-refractivity contribution is 5.60. The van der Waals surface area contributed by atoms with Crippen LogP contribution in [-0.4, -0.2) is 31.1 Å². The number of benzene rings is 1. The van der Waals surface area contributed by atoms with Crippen LogP contribution >= 0.6 is 0 Å². The molecule has 0 spiro atoms. The lowest BCUT2D eigenvalue weighted by Crippen LogP contribution is -2.17. The second kappa shape index (κ2) is 7.88. The van der Waals surface area contributed by atoms with Crippen LogP contribution in [0.2, 0.25) is 0 Å². The van der Waals surface area contributed by atoms with E-state index < -0.39 is 0 Å². The molecule has 0 aliphatic heterocycles. The number of aryl methyl sites for hydroxylation is 1. The lowest BCUT2D eigenvalue weighted by atomic mass is 10.1. The van der Waals surface area contributed by atoms with Crippen molar-refractivity contribution in [3.05, 3.63) is 54.7 Å². The Balaban J connectivity index is 1.61. The maximum atomic E-state index is 4.67. The fraction of sp³-hybridized carbons (Fsp3) is 0.389. The van der Waals surface area contributed by atoms with Crippen molar-refractivity contribution in [2.45, 2.75) is 39.4 Å². The van der Waals surface area contributed by atoms with Gasteiger partial charge in [0.2, 0.25) is 0 Å². The van der Waals surface area contributed by atoms with Gasteiger partial charge in [0.05, 0.1) is 12.4 Å². The largest absolute Gasteiger partial charge is 0.337 e. The summed E-state index contributed by atoms with van der Waals surface area (Å²) in [4.78, 5) is 5.85. The molecule has 6 heteroatoms. The van der Waals surface area contributed by atoms with Crippen molar-refractivity contribution >= 4 is 0 Å². The molecule has 0 unspecified atom stereocenters. The molecule has 126 valence electrons. The van der Waals surface area contributed by atoms with Crippen LogP contribution in [0.5, 0.6) is 0 Å². The van der Waals surface area contributed by atoms with E-state index in [-0.39, 0.29) is 6.04 Å². The van der Waals surface area contributed by atoms with Crippen LogP contribution in [-0.2, 0) is 13.1 Å². The van der Waals surface area contributed by atoms with Crippen LogP contribution in [0.3, 0.4) is 0 Å². The smallest absolute Gasteiger partial charge is 0.117 e. The van der Waals surface area contributed by atoms with Gasteiger partial charge in [-0.25, -0.2) is 4.98 Å². The van der Waals surface area contributed by atoms with Crippen molar-refractivity contribution in [1.29, 1.82) is 0 Å². The predicted octanol–water partition coefficient (Wildman–Crippen LogP) is 2.90. The molecule has 0 bridgehead atoms. The third-order valence-electron chi connectivity index (χ3n) is 3.83. The number of hydrogen-bond donors (Lipinski definition) is 1. The van der Waals surface area contributed by atoms with Gasteiger partial charge in [0, 0.05) is 31.0 Å². The first-order valence-corrected chi connectivity index (χ1v) is 8.41. The van der Waals surface area contributed by atoms with Crippen LogP contribution in [0.4, 0.5) is 0 Å². The number of hydrogen-bond acceptors (Lipinski definition) is 4. The number of imidazole rings is 1. The van der Waals surface area contributed by atoms with E-state index in [2.05, 4.69) is 51.0 Å². The average Bonchev–Trinajstić information content (AvgIpc) is 3.25. The van der Waals surface area contributed by atoms with Crippen molar-refractivity contribution in [2.75, 3.05) is 6.54 Å². The maximum absolute atomic E-state index is 4.67. The highest BCUT2D eigenvalue weighted by Gasteiger charge is 2.14. The normalized spacial score (nSPS) is 11.3. The van der Waals surface area contributed by atoms with Gasteiger partial charge in [-0.15, -0.1) is 0 Å². The Labute approximate surface area is 142 Å². The second-order valence-corrected chi connectivity index (χ2v) is 6.11. The lowest BCUT2D eigenvalue weighted by Gasteiger charge is -2.05. The van der Waals surface area contributed by atoms with Gasteiger partial charge in [0.25, 0.3) is 0 Å². The molecule has 0 aliphatic rings. The van der Waals surface area contributed by atoms with E-state index >= 15 is 0 Å². The van der Waals surface area contributed by atoms with E-state index in [9.17, 15) is 0 Å². The zero-order valence-corrected chi connectivity index (χ0v) is 14.3. The van der Waals surface area contributed by atoms with E-state index in [0.717, 1.165) is 43.0 Å². The Morgan fingerprint density at radius 1 is 1.12 bits per heavy atom. The topological polar surface area (TPSA) is 60.6 Å². The summed E-state index contributed by atoms with van der Waals surface area (Å²) >= 11 is 0. The monoisotopic (exact) mass is 324 g/mol. The molecule has 0 radical (unpaired) electrons. The molecule has 0 saturated carbocycles. The standard InChI is InChI=1S/C18H24N6/c1-15(2)24-21-17(18(22-24)16-7-4-3-5-8-16)13-19-9-6-11-23-12-10-20-14-23/h3-5,7-8,10,12,14-15,19H,6,9,11,13H2,1-2H3. The molecule has 3 rings (SSSR count). The van der Waals surface area contributed by atoms with E-state index in [1.54, 1.807) is 4.80 Å². The summed E-state index contributed by atoms with van der Waals surface area (Å²) in [5.41, 5.74) is 3.07. The van der Waals surface area contributed by atoms with Gasteiger partial charge in [0.15, 0.2) is 0 Å². The number of nitrogens with zero attached hydrogens (tertiary/aromatic N) is 5. The number of nitrogens with one attached hydrogen (secondary N) is 1. The van der Waals surface area contributed by atoms with Gasteiger partial charge in [0.1, 0.15) is 11.4 Å². The Kier molecular flexibility index (Phi) is 5.38. The van der Waals surface area contributed by atoms with Crippen LogP contribution in [0.15, 0.2) is 49.1 Å².